The zero-order valence-corrected chi connectivity index (χ0v) is 10.8. The Morgan fingerprint density at radius 1 is 1.42 bits per heavy atom. The summed E-state index contributed by atoms with van der Waals surface area (Å²) < 4.78 is 26.7. The number of pyridine rings is 1. The molecule has 0 aliphatic carbocycles. The summed E-state index contributed by atoms with van der Waals surface area (Å²) in [5.74, 6) is 5.87. The van der Waals surface area contributed by atoms with E-state index in [9.17, 15) is 8.42 Å². The van der Waals surface area contributed by atoms with Gasteiger partial charge in [-0.1, -0.05) is 0 Å². The molecular weight excluding hydrogens is 270 g/mol. The van der Waals surface area contributed by atoms with Crippen molar-refractivity contribution in [1.82, 2.24) is 24.9 Å². The summed E-state index contributed by atoms with van der Waals surface area (Å²) >= 11 is 0. The predicted molar refractivity (Wildman–Crippen MR) is 67.2 cm³/mol. The van der Waals surface area contributed by atoms with Crippen LogP contribution in [0.3, 0.4) is 0 Å². The summed E-state index contributed by atoms with van der Waals surface area (Å²) in [6.07, 6.45) is 2.66. The van der Waals surface area contributed by atoms with Crippen LogP contribution < -0.4 is 16.0 Å². The molecule has 2 aromatic rings. The zero-order chi connectivity index (χ0) is 13.9. The topological polar surface area (TPSA) is 139 Å². The minimum absolute atomic E-state index is 0.0572. The van der Waals surface area contributed by atoms with Crippen molar-refractivity contribution in [3.8, 4) is 0 Å². The highest BCUT2D eigenvalue weighted by Crippen LogP contribution is 2.15. The lowest BCUT2D eigenvalue weighted by Gasteiger charge is -2.12. The minimum atomic E-state index is -3.69. The number of nitrogens with two attached hydrogens (primary N) is 1. The lowest BCUT2D eigenvalue weighted by molar-refractivity contribution is 0.560. The molecule has 0 bridgehead atoms. The number of aromatic amines is 1. The maximum absolute atomic E-state index is 12.1. The first-order chi connectivity index (χ1) is 9.03. The number of hydrogen-bond donors (Lipinski definition) is 4. The first-order valence-corrected chi connectivity index (χ1v) is 6.81. The zero-order valence-electron chi connectivity index (χ0n) is 10.0. The van der Waals surface area contributed by atoms with Crippen molar-refractivity contribution in [1.29, 1.82) is 0 Å². The Kier molecular flexibility index (Phi) is 3.74. The third kappa shape index (κ3) is 3.05. The normalized spacial score (nSPS) is 13.2. The number of nitrogens with zero attached hydrogens (tertiary/aromatic N) is 3. The minimum Gasteiger partial charge on any atom is -0.308 e. The van der Waals surface area contributed by atoms with Crippen LogP contribution in [0.2, 0.25) is 0 Å². The van der Waals surface area contributed by atoms with Gasteiger partial charge in [0, 0.05) is 12.3 Å². The number of nitrogen functional groups attached to an aromatic ring is 1. The summed E-state index contributed by atoms with van der Waals surface area (Å²) in [6, 6.07) is 2.17. The van der Waals surface area contributed by atoms with E-state index in [4.69, 9.17) is 5.84 Å². The van der Waals surface area contributed by atoms with Crippen molar-refractivity contribution in [2.75, 3.05) is 5.43 Å². The van der Waals surface area contributed by atoms with Gasteiger partial charge in [0.05, 0.1) is 10.9 Å². The first-order valence-electron chi connectivity index (χ1n) is 5.33. The van der Waals surface area contributed by atoms with Gasteiger partial charge in [0.2, 0.25) is 10.0 Å². The van der Waals surface area contributed by atoms with Crippen LogP contribution in [0.1, 0.15) is 18.8 Å². The largest absolute Gasteiger partial charge is 0.308 e. The highest BCUT2D eigenvalue weighted by molar-refractivity contribution is 7.89. The number of nitrogens with one attached hydrogen (secondary N) is 3. The average Bonchev–Trinajstić information content (AvgIpc) is 2.92. The van der Waals surface area contributed by atoms with E-state index >= 15 is 0 Å². The molecule has 0 aliphatic heterocycles. The highest BCUT2D eigenvalue weighted by atomic mass is 32.2. The maximum Gasteiger partial charge on any atom is 0.241 e. The van der Waals surface area contributed by atoms with Crippen LogP contribution in [-0.2, 0) is 10.0 Å². The molecule has 0 spiro atoms. The Morgan fingerprint density at radius 3 is 2.84 bits per heavy atom. The molecule has 0 radical (unpaired) electrons. The molecule has 2 heterocycles. The molecule has 2 rings (SSSR count). The standard InChI is InChI=1S/C9H13N7O2S/c1-6(9-12-5-13-15-9)16-19(17,18)7-2-3-11-8(4-7)14-10/h2-6,16H,10H2,1H3,(H,11,14)(H,12,13,15). The van der Waals surface area contributed by atoms with Crippen molar-refractivity contribution >= 4 is 15.8 Å². The van der Waals surface area contributed by atoms with Gasteiger partial charge in [-0.05, 0) is 13.0 Å². The monoisotopic (exact) mass is 283 g/mol. The molecule has 10 heteroatoms. The quantitative estimate of drug-likeness (QED) is 0.429. The SMILES string of the molecule is CC(NS(=O)(=O)c1ccnc(NN)c1)c1ncn[nH]1. The third-order valence-corrected chi connectivity index (χ3v) is 3.90. The Balaban J connectivity index is 2.22. The molecule has 0 saturated heterocycles. The lowest BCUT2D eigenvalue weighted by Crippen LogP contribution is -2.27. The fourth-order valence-corrected chi connectivity index (χ4v) is 2.66. The maximum atomic E-state index is 12.1. The van der Waals surface area contributed by atoms with Gasteiger partial charge >= 0.3 is 0 Å². The fourth-order valence-electron chi connectivity index (χ4n) is 1.44. The van der Waals surface area contributed by atoms with Gasteiger partial charge in [0.1, 0.15) is 18.0 Å². The smallest absolute Gasteiger partial charge is 0.241 e. The predicted octanol–water partition coefficient (Wildman–Crippen LogP) is -0.475. The molecule has 2 aromatic heterocycles. The van der Waals surface area contributed by atoms with E-state index in [1.54, 1.807) is 6.92 Å². The Hall–Kier alpha value is -2.04. The van der Waals surface area contributed by atoms with E-state index in [-0.39, 0.29) is 10.7 Å². The first kappa shape index (κ1) is 13.4. The molecule has 0 aromatic carbocycles. The van der Waals surface area contributed by atoms with Gasteiger partial charge in [0.15, 0.2) is 0 Å². The van der Waals surface area contributed by atoms with Crippen LogP contribution >= 0.6 is 0 Å². The molecule has 1 unspecified atom stereocenters. The van der Waals surface area contributed by atoms with Crippen LogP contribution in [0, 0.1) is 0 Å². The van der Waals surface area contributed by atoms with E-state index in [0.717, 1.165) is 0 Å². The van der Waals surface area contributed by atoms with Crippen LogP contribution in [0.4, 0.5) is 5.82 Å². The molecule has 0 fully saturated rings. The molecule has 19 heavy (non-hydrogen) atoms. The fraction of sp³-hybridized carbons (Fsp3) is 0.222. The average molecular weight is 283 g/mol. The summed E-state index contributed by atoms with van der Waals surface area (Å²) in [5.41, 5.74) is 2.29. The van der Waals surface area contributed by atoms with Gasteiger partial charge < -0.3 is 5.43 Å². The van der Waals surface area contributed by atoms with E-state index in [1.165, 1.54) is 24.7 Å². The second-order valence-corrected chi connectivity index (χ2v) is 5.45. The number of H-pyrrole nitrogens is 1. The van der Waals surface area contributed by atoms with E-state index < -0.39 is 16.1 Å². The van der Waals surface area contributed by atoms with Crippen LogP contribution in [0.25, 0.3) is 0 Å². The summed E-state index contributed by atoms with van der Waals surface area (Å²) in [4.78, 5) is 7.79. The van der Waals surface area contributed by atoms with Gasteiger partial charge in [0.25, 0.3) is 0 Å². The number of aromatic nitrogens is 4. The van der Waals surface area contributed by atoms with Crippen molar-refractivity contribution in [2.24, 2.45) is 5.84 Å². The number of rotatable bonds is 5. The van der Waals surface area contributed by atoms with Crippen molar-refractivity contribution in [3.63, 3.8) is 0 Å². The van der Waals surface area contributed by atoms with Crippen molar-refractivity contribution < 1.29 is 8.42 Å². The van der Waals surface area contributed by atoms with Gasteiger partial charge in [-0.15, -0.1) is 0 Å². The number of hydrazine groups is 1. The molecule has 1 atom stereocenters. The lowest BCUT2D eigenvalue weighted by atomic mass is 10.3. The van der Waals surface area contributed by atoms with Crippen LogP contribution in [0.15, 0.2) is 29.6 Å². The molecule has 102 valence electrons. The molecule has 0 amide bonds. The number of sulfonamides is 1. The summed E-state index contributed by atoms with van der Waals surface area (Å²) in [5, 5.41) is 6.27. The van der Waals surface area contributed by atoms with Crippen LogP contribution in [0.5, 0.6) is 0 Å². The highest BCUT2D eigenvalue weighted by Gasteiger charge is 2.20. The third-order valence-electron chi connectivity index (χ3n) is 2.37. The molecule has 0 saturated carbocycles. The summed E-state index contributed by atoms with van der Waals surface area (Å²) in [7, 11) is -3.69. The van der Waals surface area contributed by atoms with E-state index in [2.05, 4.69) is 30.3 Å². The molecular formula is C9H13N7O2S. The molecule has 9 nitrogen and oxygen atoms in total. The molecule has 5 N–H and O–H groups in total. The second-order valence-electron chi connectivity index (χ2n) is 3.73. The van der Waals surface area contributed by atoms with Crippen molar-refractivity contribution in [2.45, 2.75) is 17.9 Å². The number of anilines is 1. The summed E-state index contributed by atoms with van der Waals surface area (Å²) in [6.45, 7) is 1.65. The van der Waals surface area contributed by atoms with Gasteiger partial charge in [-0.3, -0.25) is 5.10 Å². The van der Waals surface area contributed by atoms with Crippen molar-refractivity contribution in [3.05, 3.63) is 30.5 Å². The van der Waals surface area contributed by atoms with Gasteiger partial charge in [-0.25, -0.2) is 29.0 Å². The van der Waals surface area contributed by atoms with Gasteiger partial charge in [-0.2, -0.15) is 5.10 Å². The van der Waals surface area contributed by atoms with E-state index in [1.807, 2.05) is 0 Å². The second kappa shape index (κ2) is 5.30. The Bertz CT molecular complexity index is 640. The van der Waals surface area contributed by atoms with E-state index in [0.29, 0.717) is 5.82 Å². The Labute approximate surface area is 109 Å². The number of hydrogen-bond acceptors (Lipinski definition) is 7. The molecule has 0 aliphatic rings. The van der Waals surface area contributed by atoms with Crippen LogP contribution in [-0.4, -0.2) is 28.6 Å². The Morgan fingerprint density at radius 2 is 2.21 bits per heavy atom.